The van der Waals surface area contributed by atoms with Gasteiger partial charge in [-0.15, -0.1) is 0 Å². The Kier molecular flexibility index (Phi) is 4.61. The number of ether oxygens (including phenoxy) is 1. The van der Waals surface area contributed by atoms with Gasteiger partial charge in [0.1, 0.15) is 11.6 Å². The fourth-order valence-corrected chi connectivity index (χ4v) is 2.87. The molecule has 1 aliphatic heterocycles. The first-order valence-electron chi connectivity index (χ1n) is 8.41. The summed E-state index contributed by atoms with van der Waals surface area (Å²) >= 11 is 0. The number of nitrogens with zero attached hydrogens (tertiary/aromatic N) is 3. The average Bonchev–Trinajstić information content (AvgIpc) is 3.21. The number of hydrogen-bond acceptors (Lipinski definition) is 6. The summed E-state index contributed by atoms with van der Waals surface area (Å²) in [5.74, 6) is 1.11. The zero-order valence-corrected chi connectivity index (χ0v) is 14.1. The summed E-state index contributed by atoms with van der Waals surface area (Å²) in [4.78, 5) is 19.3. The van der Waals surface area contributed by atoms with Gasteiger partial charge in [0.25, 0.3) is 5.91 Å². The number of carbonyl (C=O) groups excluding carboxylic acids is 1. The molecule has 1 aromatic carbocycles. The summed E-state index contributed by atoms with van der Waals surface area (Å²) in [7, 11) is 0. The van der Waals surface area contributed by atoms with Crippen molar-refractivity contribution in [1.82, 2.24) is 9.88 Å². The number of nitrogens with one attached hydrogen (secondary N) is 1. The van der Waals surface area contributed by atoms with E-state index in [9.17, 15) is 4.79 Å². The van der Waals surface area contributed by atoms with Crippen LogP contribution < -0.4 is 5.43 Å². The fourth-order valence-electron chi connectivity index (χ4n) is 2.87. The molecule has 7 heteroatoms. The van der Waals surface area contributed by atoms with Crippen LogP contribution in [0.1, 0.15) is 16.1 Å². The smallest absolute Gasteiger partial charge is 0.254 e. The quantitative estimate of drug-likeness (QED) is 0.578. The van der Waals surface area contributed by atoms with E-state index in [1.165, 1.54) is 0 Å². The lowest BCUT2D eigenvalue weighted by molar-refractivity contribution is 0.0304. The van der Waals surface area contributed by atoms with Gasteiger partial charge in [0, 0.05) is 18.5 Å². The molecule has 2 aromatic heterocycles. The Labute approximate surface area is 150 Å². The molecule has 1 aliphatic rings. The van der Waals surface area contributed by atoms with Crippen LogP contribution in [0.5, 0.6) is 0 Å². The predicted octanol–water partition coefficient (Wildman–Crippen LogP) is 2.75. The van der Waals surface area contributed by atoms with Crippen LogP contribution in [-0.4, -0.2) is 48.3 Å². The summed E-state index contributed by atoms with van der Waals surface area (Å²) in [5, 5.41) is 4.95. The Hall–Kier alpha value is -3.19. The number of morpholine rings is 1. The van der Waals surface area contributed by atoms with E-state index in [1.54, 1.807) is 35.6 Å². The number of anilines is 1. The summed E-state index contributed by atoms with van der Waals surface area (Å²) < 4.78 is 10.5. The first kappa shape index (κ1) is 16.3. The minimum Gasteiger partial charge on any atom is -0.463 e. The fraction of sp³-hybridized carbons (Fsp3) is 0.211. The van der Waals surface area contributed by atoms with Gasteiger partial charge in [-0.05, 0) is 24.3 Å². The van der Waals surface area contributed by atoms with Gasteiger partial charge in [-0.2, -0.15) is 5.10 Å². The molecule has 1 saturated heterocycles. The summed E-state index contributed by atoms with van der Waals surface area (Å²) in [6.07, 6.45) is 3.13. The maximum absolute atomic E-state index is 13.0. The van der Waals surface area contributed by atoms with Crippen LogP contribution in [0.4, 0.5) is 5.82 Å². The van der Waals surface area contributed by atoms with Gasteiger partial charge in [0.2, 0.25) is 0 Å². The highest BCUT2D eigenvalue weighted by molar-refractivity contribution is 6.07. The van der Waals surface area contributed by atoms with Crippen LogP contribution in [0.2, 0.25) is 0 Å². The third-order valence-electron chi connectivity index (χ3n) is 4.16. The predicted molar refractivity (Wildman–Crippen MR) is 98.4 cm³/mol. The molecule has 3 aromatic rings. The molecule has 1 fully saturated rings. The Morgan fingerprint density at radius 1 is 1.19 bits per heavy atom. The molecule has 1 N–H and O–H groups in total. The highest BCUT2D eigenvalue weighted by Crippen LogP contribution is 2.22. The van der Waals surface area contributed by atoms with Crippen molar-refractivity contribution in [3.8, 4) is 0 Å². The van der Waals surface area contributed by atoms with Crippen molar-refractivity contribution in [3.05, 3.63) is 60.1 Å². The van der Waals surface area contributed by atoms with Gasteiger partial charge in [0.15, 0.2) is 0 Å². The normalized spacial score (nSPS) is 14.8. The second kappa shape index (κ2) is 7.37. The number of rotatable bonds is 4. The van der Waals surface area contributed by atoms with Crippen LogP contribution >= 0.6 is 0 Å². The zero-order valence-electron chi connectivity index (χ0n) is 14.1. The molecule has 0 unspecified atom stereocenters. The minimum absolute atomic E-state index is 0.0232. The third-order valence-corrected chi connectivity index (χ3v) is 4.16. The number of benzene rings is 1. The molecule has 26 heavy (non-hydrogen) atoms. The molecular formula is C19H18N4O3. The van der Waals surface area contributed by atoms with Gasteiger partial charge < -0.3 is 14.1 Å². The number of amides is 1. The van der Waals surface area contributed by atoms with Crippen molar-refractivity contribution < 1.29 is 13.9 Å². The largest absolute Gasteiger partial charge is 0.463 e. The lowest BCUT2D eigenvalue weighted by atomic mass is 10.1. The van der Waals surface area contributed by atoms with Crippen LogP contribution in [0.25, 0.3) is 10.9 Å². The lowest BCUT2D eigenvalue weighted by Gasteiger charge is -2.27. The van der Waals surface area contributed by atoms with Crippen molar-refractivity contribution in [2.45, 2.75) is 0 Å². The second-order valence-electron chi connectivity index (χ2n) is 5.86. The number of furan rings is 1. The van der Waals surface area contributed by atoms with Crippen molar-refractivity contribution in [3.63, 3.8) is 0 Å². The molecule has 0 spiro atoms. The van der Waals surface area contributed by atoms with E-state index in [-0.39, 0.29) is 5.91 Å². The maximum atomic E-state index is 13.0. The zero-order chi connectivity index (χ0) is 17.8. The number of fused-ring (bicyclic) bond motifs is 1. The van der Waals surface area contributed by atoms with Gasteiger partial charge in [0.05, 0.1) is 36.8 Å². The number of pyridine rings is 1. The number of aromatic nitrogens is 1. The molecule has 7 nitrogen and oxygen atoms in total. The molecule has 0 bridgehead atoms. The SMILES string of the molecule is O=C(c1cc(N/N=C/c2ccco2)nc2ccccc12)N1CCOCC1. The lowest BCUT2D eigenvalue weighted by Crippen LogP contribution is -2.40. The number of carbonyl (C=O) groups is 1. The third kappa shape index (κ3) is 3.43. The van der Waals surface area contributed by atoms with E-state index in [0.717, 1.165) is 10.9 Å². The molecule has 4 rings (SSSR count). The van der Waals surface area contributed by atoms with Crippen molar-refractivity contribution in [1.29, 1.82) is 0 Å². The molecule has 0 saturated carbocycles. The van der Waals surface area contributed by atoms with Gasteiger partial charge >= 0.3 is 0 Å². The van der Waals surface area contributed by atoms with Crippen molar-refractivity contribution in [2.24, 2.45) is 5.10 Å². The molecule has 132 valence electrons. The van der Waals surface area contributed by atoms with E-state index in [4.69, 9.17) is 9.15 Å². The molecule has 0 radical (unpaired) electrons. The second-order valence-corrected chi connectivity index (χ2v) is 5.86. The van der Waals surface area contributed by atoms with Crippen LogP contribution in [0.3, 0.4) is 0 Å². The first-order chi connectivity index (χ1) is 12.8. The van der Waals surface area contributed by atoms with E-state index >= 15 is 0 Å². The first-order valence-corrected chi connectivity index (χ1v) is 8.41. The number of para-hydroxylation sites is 1. The van der Waals surface area contributed by atoms with Crippen LogP contribution in [0.15, 0.2) is 58.2 Å². The van der Waals surface area contributed by atoms with E-state index in [2.05, 4.69) is 15.5 Å². The topological polar surface area (TPSA) is 80.0 Å². The molecule has 1 amide bonds. The van der Waals surface area contributed by atoms with E-state index in [1.807, 2.05) is 24.3 Å². The summed E-state index contributed by atoms with van der Waals surface area (Å²) in [6.45, 7) is 2.31. The summed E-state index contributed by atoms with van der Waals surface area (Å²) in [6, 6.07) is 12.9. The van der Waals surface area contributed by atoms with E-state index in [0.29, 0.717) is 43.4 Å². The Bertz CT molecular complexity index is 931. The average molecular weight is 350 g/mol. The highest BCUT2D eigenvalue weighted by Gasteiger charge is 2.21. The Balaban J connectivity index is 1.65. The molecular weight excluding hydrogens is 332 g/mol. The molecule has 3 heterocycles. The molecule has 0 atom stereocenters. The van der Waals surface area contributed by atoms with Gasteiger partial charge in [-0.25, -0.2) is 4.98 Å². The number of hydrazone groups is 1. The van der Waals surface area contributed by atoms with Crippen molar-refractivity contribution in [2.75, 3.05) is 31.7 Å². The Morgan fingerprint density at radius 2 is 2.04 bits per heavy atom. The van der Waals surface area contributed by atoms with Crippen LogP contribution in [-0.2, 0) is 4.74 Å². The van der Waals surface area contributed by atoms with Crippen LogP contribution in [0, 0.1) is 0 Å². The van der Waals surface area contributed by atoms with E-state index < -0.39 is 0 Å². The molecule has 0 aliphatic carbocycles. The highest BCUT2D eigenvalue weighted by atomic mass is 16.5. The standard InChI is InChI=1S/C19H18N4O3/c24-19(23-7-10-25-11-8-23)16-12-18(21-17-6-2-1-5-15(16)17)22-20-13-14-4-3-9-26-14/h1-6,9,12-13H,7-8,10-11H2,(H,21,22)/b20-13+. The maximum Gasteiger partial charge on any atom is 0.254 e. The van der Waals surface area contributed by atoms with Crippen molar-refractivity contribution >= 4 is 28.8 Å². The van der Waals surface area contributed by atoms with Gasteiger partial charge in [-0.3, -0.25) is 10.2 Å². The minimum atomic E-state index is -0.0232. The van der Waals surface area contributed by atoms with Gasteiger partial charge in [-0.1, -0.05) is 18.2 Å². The summed E-state index contributed by atoms with van der Waals surface area (Å²) in [5.41, 5.74) is 4.22. The monoisotopic (exact) mass is 350 g/mol. The Morgan fingerprint density at radius 3 is 2.85 bits per heavy atom. The number of hydrogen-bond donors (Lipinski definition) is 1.